The molecule has 0 radical (unpaired) electrons. The van der Waals surface area contributed by atoms with Gasteiger partial charge >= 0.3 is 0 Å². The van der Waals surface area contributed by atoms with Gasteiger partial charge in [0.2, 0.25) is 0 Å². The van der Waals surface area contributed by atoms with Crippen molar-refractivity contribution in [3.8, 4) is 0 Å². The van der Waals surface area contributed by atoms with Crippen molar-refractivity contribution in [3.05, 3.63) is 96.1 Å². The van der Waals surface area contributed by atoms with Crippen LogP contribution >= 0.6 is 0 Å². The molecule has 0 saturated heterocycles. The number of hydrogen-bond acceptors (Lipinski definition) is 3. The molecule has 4 nitrogen and oxygen atoms in total. The number of rotatable bonds is 3. The fraction of sp³-hybridized carbons (Fsp3) is 0.0500. The number of halogens is 1. The van der Waals surface area contributed by atoms with Crippen LogP contribution in [0, 0.1) is 6.92 Å². The molecule has 1 aliphatic rings. The molecule has 4 rings (SSSR count). The third-order valence-corrected chi connectivity index (χ3v) is 4.07. The maximum atomic E-state index is 4.85. The molecular formula is C20H19ClN4. The number of benzene rings is 3. The molecule has 25 heavy (non-hydrogen) atoms. The Labute approximate surface area is 153 Å². The van der Waals surface area contributed by atoms with E-state index in [4.69, 9.17) is 5.10 Å². The molecule has 3 aromatic carbocycles. The van der Waals surface area contributed by atoms with Gasteiger partial charge in [0.25, 0.3) is 5.84 Å². The maximum Gasteiger partial charge on any atom is 0.277 e. The third-order valence-electron chi connectivity index (χ3n) is 4.07. The first-order valence-corrected chi connectivity index (χ1v) is 8.02. The van der Waals surface area contributed by atoms with E-state index in [2.05, 4.69) is 66.0 Å². The Hall–Kier alpha value is -2.82. The average molecular weight is 351 g/mol. The predicted molar refractivity (Wildman–Crippen MR) is 97.5 cm³/mol. The molecule has 0 aliphatic carbocycles. The van der Waals surface area contributed by atoms with E-state index < -0.39 is 0 Å². The number of hydrogen-bond donors (Lipinski definition) is 1. The van der Waals surface area contributed by atoms with Gasteiger partial charge in [-0.3, -0.25) is 0 Å². The fourth-order valence-electron chi connectivity index (χ4n) is 2.82. The zero-order chi connectivity index (χ0) is 16.4. The van der Waals surface area contributed by atoms with E-state index in [1.807, 2.05) is 41.5 Å². The maximum absolute atomic E-state index is 4.85. The summed E-state index contributed by atoms with van der Waals surface area (Å²) < 4.78 is 0. The van der Waals surface area contributed by atoms with Crippen LogP contribution in [0.5, 0.6) is 0 Å². The number of para-hydroxylation sites is 2. The van der Waals surface area contributed by atoms with Gasteiger partial charge < -0.3 is 12.4 Å². The molecule has 5 heteroatoms. The number of hydrazone groups is 1. The Kier molecular flexibility index (Phi) is 5.03. The monoisotopic (exact) mass is 350 g/mol. The highest BCUT2D eigenvalue weighted by molar-refractivity contribution is 5.93. The molecule has 0 bridgehead atoms. The second-order valence-corrected chi connectivity index (χ2v) is 5.74. The van der Waals surface area contributed by atoms with E-state index in [0.29, 0.717) is 0 Å². The largest absolute Gasteiger partial charge is 1.00 e. The highest BCUT2D eigenvalue weighted by Gasteiger charge is 2.31. The molecule has 1 heterocycles. The van der Waals surface area contributed by atoms with Gasteiger partial charge in [0, 0.05) is 0 Å². The minimum Gasteiger partial charge on any atom is -1.00 e. The molecule has 0 spiro atoms. The first kappa shape index (κ1) is 17.0. The number of amidine groups is 1. The molecule has 1 aliphatic heterocycles. The van der Waals surface area contributed by atoms with Crippen LogP contribution in [0.4, 0.5) is 11.4 Å². The van der Waals surface area contributed by atoms with Gasteiger partial charge in [-0.25, -0.2) is 0 Å². The van der Waals surface area contributed by atoms with Crippen LogP contribution < -0.4 is 28.1 Å². The number of quaternary nitrogens is 1. The lowest BCUT2D eigenvalue weighted by molar-refractivity contribution is -0.545. The van der Waals surface area contributed by atoms with Crippen LogP contribution in [0.25, 0.3) is 0 Å². The summed E-state index contributed by atoms with van der Waals surface area (Å²) in [5.74, 6) is 0.947. The normalized spacial score (nSPS) is 13.4. The number of aryl methyl sites for hydroxylation is 1. The van der Waals surface area contributed by atoms with E-state index in [1.54, 1.807) is 0 Å². The number of nitrogens with two attached hydrogens (primary N) is 1. The molecule has 0 saturated carbocycles. The lowest BCUT2D eigenvalue weighted by Crippen LogP contribution is -3.00. The second-order valence-electron chi connectivity index (χ2n) is 5.74. The van der Waals surface area contributed by atoms with E-state index in [9.17, 15) is 0 Å². The van der Waals surface area contributed by atoms with Crippen LogP contribution in [0.3, 0.4) is 0 Å². The molecule has 0 fully saturated rings. The first-order valence-electron chi connectivity index (χ1n) is 8.02. The Morgan fingerprint density at radius 1 is 0.760 bits per heavy atom. The Bertz CT molecular complexity index is 865. The van der Waals surface area contributed by atoms with Crippen molar-refractivity contribution in [2.24, 2.45) is 5.10 Å². The van der Waals surface area contributed by atoms with Gasteiger partial charge in [-0.05, 0) is 42.8 Å². The van der Waals surface area contributed by atoms with Crippen molar-refractivity contribution in [3.63, 3.8) is 0 Å². The summed E-state index contributed by atoms with van der Waals surface area (Å²) >= 11 is 0. The first-order chi connectivity index (χ1) is 11.8. The summed E-state index contributed by atoms with van der Waals surface area (Å²) in [5, 5.41) is 8.90. The van der Waals surface area contributed by atoms with Crippen LogP contribution in [0.15, 0.2) is 90.0 Å². The van der Waals surface area contributed by atoms with E-state index in [1.165, 1.54) is 5.56 Å². The summed E-state index contributed by atoms with van der Waals surface area (Å²) in [6.07, 6.45) is 0. The lowest BCUT2D eigenvalue weighted by atomic mass is 10.2. The van der Waals surface area contributed by atoms with Crippen molar-refractivity contribution in [2.75, 3.05) is 10.2 Å². The molecular weight excluding hydrogens is 332 g/mol. The van der Waals surface area contributed by atoms with E-state index >= 15 is 0 Å². The summed E-state index contributed by atoms with van der Waals surface area (Å²) in [5.41, 5.74) is 6.55. The summed E-state index contributed by atoms with van der Waals surface area (Å²) in [7, 11) is 0. The van der Waals surface area contributed by atoms with Gasteiger partial charge in [0.05, 0.1) is 11.3 Å². The zero-order valence-corrected chi connectivity index (χ0v) is 14.6. The smallest absolute Gasteiger partial charge is 0.277 e. The molecule has 0 atom stereocenters. The third kappa shape index (κ3) is 3.36. The van der Waals surface area contributed by atoms with E-state index in [-0.39, 0.29) is 12.4 Å². The number of nitrogens with zero attached hydrogens (tertiary/aromatic N) is 3. The minimum absolute atomic E-state index is 0. The Morgan fingerprint density at radius 2 is 1.36 bits per heavy atom. The van der Waals surface area contributed by atoms with Gasteiger partial charge in [0.15, 0.2) is 0 Å². The van der Waals surface area contributed by atoms with Gasteiger partial charge in [-0.15, -0.1) is 10.2 Å². The van der Waals surface area contributed by atoms with Crippen LogP contribution in [0.1, 0.15) is 11.1 Å². The van der Waals surface area contributed by atoms with Crippen molar-refractivity contribution in [1.82, 2.24) is 0 Å². The topological polar surface area (TPSA) is 35.5 Å². The Morgan fingerprint density at radius 3 is 2.04 bits per heavy atom. The molecule has 0 unspecified atom stereocenters. The van der Waals surface area contributed by atoms with Crippen molar-refractivity contribution in [1.29, 1.82) is 0 Å². The van der Waals surface area contributed by atoms with E-state index in [0.717, 1.165) is 22.8 Å². The summed E-state index contributed by atoms with van der Waals surface area (Å²) in [6.45, 7) is 2.12. The standard InChI is InChI=1S/C20H18N4.ClH/c1-16-10-8-9-15-19(16)24-22-20(17-11-4-2-5-12-17)21-23(24)18-13-6-3-7-14-18;/h2-15H,1H3,(H,21,22);1H. The lowest BCUT2D eigenvalue weighted by Gasteiger charge is -2.24. The van der Waals surface area contributed by atoms with Crippen LogP contribution in [-0.2, 0) is 0 Å². The fourth-order valence-corrected chi connectivity index (χ4v) is 2.82. The quantitative estimate of drug-likeness (QED) is 0.679. The number of anilines is 2. The van der Waals surface area contributed by atoms with Gasteiger partial charge in [-0.2, -0.15) is 5.43 Å². The highest BCUT2D eigenvalue weighted by atomic mass is 35.5. The minimum atomic E-state index is 0. The zero-order valence-electron chi connectivity index (χ0n) is 13.9. The summed E-state index contributed by atoms with van der Waals surface area (Å²) in [6, 6.07) is 28.8. The Balaban J connectivity index is 0.00000182. The van der Waals surface area contributed by atoms with Crippen LogP contribution in [-0.4, -0.2) is 5.84 Å². The second kappa shape index (κ2) is 7.38. The molecule has 126 valence electrons. The molecule has 2 N–H and O–H groups in total. The van der Waals surface area contributed by atoms with Gasteiger partial charge in [0.1, 0.15) is 5.69 Å². The summed E-state index contributed by atoms with van der Waals surface area (Å²) in [4.78, 5) is 0. The molecule has 0 aromatic heterocycles. The van der Waals surface area contributed by atoms with Crippen molar-refractivity contribution < 1.29 is 17.8 Å². The van der Waals surface area contributed by atoms with Crippen LogP contribution in [0.2, 0.25) is 0 Å². The van der Waals surface area contributed by atoms with Crippen molar-refractivity contribution >= 4 is 17.2 Å². The number of hydrazine groups is 1. The predicted octanol–water partition coefficient (Wildman–Crippen LogP) is 0.0808. The molecule has 0 amide bonds. The highest BCUT2D eigenvalue weighted by Crippen LogP contribution is 2.24. The average Bonchev–Trinajstić information content (AvgIpc) is 3.09. The van der Waals surface area contributed by atoms with Crippen molar-refractivity contribution in [2.45, 2.75) is 6.92 Å². The van der Waals surface area contributed by atoms with Gasteiger partial charge in [-0.1, -0.05) is 59.7 Å². The SMILES string of the molecule is Cc1ccccc1N1[NH2+]C(c2ccccc2)=NN1c1ccccc1.[Cl-]. The molecule has 3 aromatic rings.